The highest BCUT2D eigenvalue weighted by Crippen LogP contribution is 2.11. The van der Waals surface area contributed by atoms with E-state index in [9.17, 15) is 4.79 Å². The molecule has 5 heteroatoms. The Morgan fingerprint density at radius 1 is 1.13 bits per heavy atom. The summed E-state index contributed by atoms with van der Waals surface area (Å²) in [5.41, 5.74) is 1.33. The van der Waals surface area contributed by atoms with Crippen molar-refractivity contribution in [3.05, 3.63) is 35.9 Å². The van der Waals surface area contributed by atoms with Crippen molar-refractivity contribution in [3.63, 3.8) is 0 Å². The second-order valence-electron chi connectivity index (χ2n) is 6.45. The Morgan fingerprint density at radius 2 is 1.91 bits per heavy atom. The first kappa shape index (κ1) is 16.3. The third kappa shape index (κ3) is 4.94. The van der Waals surface area contributed by atoms with Gasteiger partial charge in [-0.2, -0.15) is 0 Å². The molecule has 2 amide bonds. The van der Waals surface area contributed by atoms with Crippen molar-refractivity contribution in [1.82, 2.24) is 15.1 Å². The molecule has 1 aromatic carbocycles. The number of carbonyl (C=O) groups is 1. The molecule has 2 aliphatic heterocycles. The van der Waals surface area contributed by atoms with Gasteiger partial charge in [-0.3, -0.25) is 4.90 Å². The summed E-state index contributed by atoms with van der Waals surface area (Å²) in [5.74, 6) is 0. The van der Waals surface area contributed by atoms with Gasteiger partial charge in [-0.05, 0) is 24.8 Å². The van der Waals surface area contributed by atoms with Crippen molar-refractivity contribution in [2.75, 3.05) is 39.3 Å². The summed E-state index contributed by atoms with van der Waals surface area (Å²) in [5, 5.41) is 3.04. The molecule has 0 unspecified atom stereocenters. The molecule has 2 heterocycles. The topological polar surface area (TPSA) is 44.8 Å². The van der Waals surface area contributed by atoms with E-state index in [1.807, 2.05) is 11.0 Å². The van der Waals surface area contributed by atoms with Gasteiger partial charge in [-0.25, -0.2) is 4.79 Å². The number of carbonyl (C=O) groups excluding carboxylic acids is 1. The van der Waals surface area contributed by atoms with Crippen LogP contribution in [0.15, 0.2) is 30.3 Å². The zero-order chi connectivity index (χ0) is 15.9. The van der Waals surface area contributed by atoms with Gasteiger partial charge in [0.1, 0.15) is 0 Å². The van der Waals surface area contributed by atoms with Crippen molar-refractivity contribution in [2.24, 2.45) is 0 Å². The largest absolute Gasteiger partial charge is 0.375 e. The van der Waals surface area contributed by atoms with E-state index in [-0.39, 0.29) is 12.1 Å². The average molecular weight is 317 g/mol. The van der Waals surface area contributed by atoms with E-state index in [0.29, 0.717) is 6.54 Å². The number of rotatable bonds is 4. The van der Waals surface area contributed by atoms with Gasteiger partial charge in [0.05, 0.1) is 6.10 Å². The molecule has 1 aromatic rings. The maximum atomic E-state index is 12.1. The first-order chi connectivity index (χ1) is 11.3. The number of hydrogen-bond donors (Lipinski definition) is 1. The monoisotopic (exact) mass is 317 g/mol. The van der Waals surface area contributed by atoms with Gasteiger partial charge in [0, 0.05) is 45.9 Å². The summed E-state index contributed by atoms with van der Waals surface area (Å²) < 4.78 is 5.91. The number of amides is 2. The van der Waals surface area contributed by atoms with Crippen LogP contribution in [0.2, 0.25) is 0 Å². The van der Waals surface area contributed by atoms with Gasteiger partial charge in [0.15, 0.2) is 0 Å². The molecule has 2 aliphatic rings. The van der Waals surface area contributed by atoms with Gasteiger partial charge in [-0.1, -0.05) is 30.3 Å². The molecular weight excluding hydrogens is 290 g/mol. The first-order valence-corrected chi connectivity index (χ1v) is 8.72. The van der Waals surface area contributed by atoms with Crippen LogP contribution in [0.25, 0.3) is 0 Å². The highest BCUT2D eigenvalue weighted by Gasteiger charge is 2.22. The van der Waals surface area contributed by atoms with Crippen LogP contribution in [0.3, 0.4) is 0 Å². The summed E-state index contributed by atoms with van der Waals surface area (Å²) in [6.45, 7) is 6.01. The Balaban J connectivity index is 1.47. The third-order valence-corrected chi connectivity index (χ3v) is 4.56. The van der Waals surface area contributed by atoms with E-state index in [2.05, 4.69) is 34.5 Å². The van der Waals surface area contributed by atoms with Crippen molar-refractivity contribution in [2.45, 2.75) is 31.9 Å². The van der Waals surface area contributed by atoms with Crippen LogP contribution in [-0.2, 0) is 11.3 Å². The number of ether oxygens (including phenoxy) is 1. The molecular formula is C18H27N3O2. The minimum absolute atomic E-state index is 0.0601. The zero-order valence-electron chi connectivity index (χ0n) is 13.7. The smallest absolute Gasteiger partial charge is 0.317 e. The van der Waals surface area contributed by atoms with E-state index >= 15 is 0 Å². The molecule has 0 aromatic heterocycles. The van der Waals surface area contributed by atoms with Crippen LogP contribution >= 0.6 is 0 Å². The number of urea groups is 1. The molecule has 2 fully saturated rings. The lowest BCUT2D eigenvalue weighted by Crippen LogP contribution is -2.44. The number of nitrogens with one attached hydrogen (secondary N) is 1. The maximum absolute atomic E-state index is 12.1. The minimum atomic E-state index is 0.0601. The fourth-order valence-electron chi connectivity index (χ4n) is 3.31. The van der Waals surface area contributed by atoms with Gasteiger partial charge in [0.2, 0.25) is 0 Å². The molecule has 0 radical (unpaired) electrons. The van der Waals surface area contributed by atoms with Crippen molar-refractivity contribution in [3.8, 4) is 0 Å². The SMILES string of the molecule is O=C(NC[C@H]1CN(Cc2ccccc2)CCCO1)N1CCCC1. The predicted molar refractivity (Wildman–Crippen MR) is 90.3 cm³/mol. The number of likely N-dealkylation sites (tertiary alicyclic amines) is 1. The van der Waals surface area contributed by atoms with Gasteiger partial charge < -0.3 is 15.0 Å². The fraction of sp³-hybridized carbons (Fsp3) is 0.611. The lowest BCUT2D eigenvalue weighted by Gasteiger charge is -2.25. The molecule has 0 bridgehead atoms. The highest BCUT2D eigenvalue weighted by molar-refractivity contribution is 5.74. The van der Waals surface area contributed by atoms with Crippen LogP contribution in [0.5, 0.6) is 0 Å². The molecule has 3 rings (SSSR count). The standard InChI is InChI=1S/C18H27N3O2/c22-18(21-10-4-5-11-21)19-13-17-15-20(9-6-12-23-17)14-16-7-2-1-3-8-16/h1-3,7-8,17H,4-6,9-15H2,(H,19,22)/t17-/m0/s1. The summed E-state index contributed by atoms with van der Waals surface area (Å²) in [6, 6.07) is 10.6. The van der Waals surface area contributed by atoms with Crippen LogP contribution in [-0.4, -0.2) is 61.3 Å². The molecule has 5 nitrogen and oxygen atoms in total. The molecule has 0 saturated carbocycles. The Morgan fingerprint density at radius 3 is 2.70 bits per heavy atom. The zero-order valence-corrected chi connectivity index (χ0v) is 13.7. The summed E-state index contributed by atoms with van der Waals surface area (Å²) in [4.78, 5) is 16.4. The third-order valence-electron chi connectivity index (χ3n) is 4.56. The Hall–Kier alpha value is -1.59. The second-order valence-corrected chi connectivity index (χ2v) is 6.45. The molecule has 2 saturated heterocycles. The van der Waals surface area contributed by atoms with Crippen LogP contribution < -0.4 is 5.32 Å². The number of nitrogens with zero attached hydrogens (tertiary/aromatic N) is 2. The Bertz CT molecular complexity index is 488. The van der Waals surface area contributed by atoms with Crippen molar-refractivity contribution >= 4 is 6.03 Å². The molecule has 1 N–H and O–H groups in total. The van der Waals surface area contributed by atoms with Crippen LogP contribution in [0.4, 0.5) is 4.79 Å². The lowest BCUT2D eigenvalue weighted by molar-refractivity contribution is 0.0542. The summed E-state index contributed by atoms with van der Waals surface area (Å²) >= 11 is 0. The Kier molecular flexibility index (Phi) is 5.88. The molecule has 1 atom stereocenters. The Labute approximate surface area is 138 Å². The molecule has 126 valence electrons. The normalized spacial score (nSPS) is 22.8. The van der Waals surface area contributed by atoms with E-state index < -0.39 is 0 Å². The van der Waals surface area contributed by atoms with Gasteiger partial charge >= 0.3 is 6.03 Å². The van der Waals surface area contributed by atoms with Crippen LogP contribution in [0.1, 0.15) is 24.8 Å². The van der Waals surface area contributed by atoms with Crippen molar-refractivity contribution in [1.29, 1.82) is 0 Å². The highest BCUT2D eigenvalue weighted by atomic mass is 16.5. The quantitative estimate of drug-likeness (QED) is 0.925. The average Bonchev–Trinajstić information content (AvgIpc) is 3.02. The minimum Gasteiger partial charge on any atom is -0.375 e. The predicted octanol–water partition coefficient (Wildman–Crippen LogP) is 2.08. The van der Waals surface area contributed by atoms with E-state index in [0.717, 1.165) is 58.6 Å². The van der Waals surface area contributed by atoms with Crippen molar-refractivity contribution < 1.29 is 9.53 Å². The lowest BCUT2D eigenvalue weighted by atomic mass is 10.2. The van der Waals surface area contributed by atoms with Crippen LogP contribution in [0, 0.1) is 0 Å². The van der Waals surface area contributed by atoms with E-state index in [1.165, 1.54) is 5.56 Å². The number of benzene rings is 1. The van der Waals surface area contributed by atoms with Gasteiger partial charge in [-0.15, -0.1) is 0 Å². The first-order valence-electron chi connectivity index (χ1n) is 8.72. The summed E-state index contributed by atoms with van der Waals surface area (Å²) in [7, 11) is 0. The van der Waals surface area contributed by atoms with Gasteiger partial charge in [0.25, 0.3) is 0 Å². The summed E-state index contributed by atoms with van der Waals surface area (Å²) in [6.07, 6.45) is 3.37. The fourth-order valence-corrected chi connectivity index (χ4v) is 3.31. The van der Waals surface area contributed by atoms with E-state index in [4.69, 9.17) is 4.74 Å². The molecule has 23 heavy (non-hydrogen) atoms. The van der Waals surface area contributed by atoms with E-state index in [1.54, 1.807) is 0 Å². The maximum Gasteiger partial charge on any atom is 0.317 e. The number of hydrogen-bond acceptors (Lipinski definition) is 3. The molecule has 0 spiro atoms. The second kappa shape index (κ2) is 8.31. The molecule has 0 aliphatic carbocycles.